The van der Waals surface area contributed by atoms with E-state index < -0.39 is 0 Å². The highest BCUT2D eigenvalue weighted by molar-refractivity contribution is 5.85. The van der Waals surface area contributed by atoms with Crippen LogP contribution in [0.1, 0.15) is 13.3 Å². The van der Waals surface area contributed by atoms with Crippen LogP contribution in [0.2, 0.25) is 0 Å². The first-order chi connectivity index (χ1) is 4.29. The predicted molar refractivity (Wildman–Crippen MR) is 54.1 cm³/mol. The zero-order valence-corrected chi connectivity index (χ0v) is 8.80. The summed E-state index contributed by atoms with van der Waals surface area (Å²) in [4.78, 5) is 2.38. The molecule has 0 radical (unpaired) electrons. The summed E-state index contributed by atoms with van der Waals surface area (Å²) in [6.45, 7) is 5.87. The van der Waals surface area contributed by atoms with Gasteiger partial charge in [-0.25, -0.2) is 0 Å². The number of likely N-dealkylation sites (N-methyl/N-ethyl adjacent to an activating group) is 1. The van der Waals surface area contributed by atoms with E-state index in [2.05, 4.69) is 24.2 Å². The molecule has 1 heterocycles. The number of hydrogen-bond acceptors (Lipinski definition) is 2. The highest BCUT2D eigenvalue weighted by atomic mass is 35.5. The predicted octanol–water partition coefficient (Wildman–Crippen LogP) is 1.14. The van der Waals surface area contributed by atoms with Crippen LogP contribution >= 0.6 is 24.8 Å². The summed E-state index contributed by atoms with van der Waals surface area (Å²) in [7, 11) is 2.18. The second kappa shape index (κ2) is 7.17. The van der Waals surface area contributed by atoms with Crippen molar-refractivity contribution in [3.05, 3.63) is 0 Å². The SMILES string of the molecule is C[C@H]1CN(C)CCCN1.Cl.Cl. The lowest BCUT2D eigenvalue weighted by molar-refractivity contribution is 0.332. The summed E-state index contributed by atoms with van der Waals surface area (Å²) in [5.41, 5.74) is 0. The van der Waals surface area contributed by atoms with Crippen LogP contribution in [0.3, 0.4) is 0 Å². The van der Waals surface area contributed by atoms with Crippen molar-refractivity contribution in [2.45, 2.75) is 19.4 Å². The van der Waals surface area contributed by atoms with Gasteiger partial charge in [0.05, 0.1) is 0 Å². The van der Waals surface area contributed by atoms with Crippen molar-refractivity contribution in [2.75, 3.05) is 26.7 Å². The first-order valence-corrected chi connectivity index (χ1v) is 3.71. The molecule has 0 bridgehead atoms. The summed E-state index contributed by atoms with van der Waals surface area (Å²) in [5, 5.41) is 3.43. The zero-order chi connectivity index (χ0) is 6.69. The molecule has 70 valence electrons. The second-order valence-electron chi connectivity index (χ2n) is 2.97. The van der Waals surface area contributed by atoms with E-state index in [0.29, 0.717) is 6.04 Å². The summed E-state index contributed by atoms with van der Waals surface area (Å²) >= 11 is 0. The van der Waals surface area contributed by atoms with Gasteiger partial charge in [-0.15, -0.1) is 24.8 Å². The lowest BCUT2D eigenvalue weighted by Crippen LogP contribution is -2.33. The molecular formula is C7H18Cl2N2. The van der Waals surface area contributed by atoms with Crippen molar-refractivity contribution < 1.29 is 0 Å². The fourth-order valence-electron chi connectivity index (χ4n) is 1.32. The van der Waals surface area contributed by atoms with Crippen molar-refractivity contribution in [3.63, 3.8) is 0 Å². The van der Waals surface area contributed by atoms with Gasteiger partial charge in [-0.2, -0.15) is 0 Å². The first-order valence-electron chi connectivity index (χ1n) is 3.71. The number of hydrogen-bond donors (Lipinski definition) is 1. The first kappa shape index (κ1) is 14.0. The minimum Gasteiger partial charge on any atom is -0.313 e. The summed E-state index contributed by atoms with van der Waals surface area (Å²) in [6.07, 6.45) is 1.29. The molecule has 11 heavy (non-hydrogen) atoms. The average Bonchev–Trinajstić information content (AvgIpc) is 1.93. The molecule has 0 spiro atoms. The molecule has 4 heteroatoms. The minimum absolute atomic E-state index is 0. The molecule has 1 rings (SSSR count). The molecule has 1 fully saturated rings. The van der Waals surface area contributed by atoms with Gasteiger partial charge in [0.2, 0.25) is 0 Å². The Morgan fingerprint density at radius 3 is 2.64 bits per heavy atom. The van der Waals surface area contributed by atoms with E-state index in [-0.39, 0.29) is 24.8 Å². The Morgan fingerprint density at radius 1 is 1.36 bits per heavy atom. The molecule has 0 amide bonds. The van der Waals surface area contributed by atoms with Crippen LogP contribution in [0.15, 0.2) is 0 Å². The smallest absolute Gasteiger partial charge is 0.0166 e. The van der Waals surface area contributed by atoms with Gasteiger partial charge < -0.3 is 10.2 Å². The van der Waals surface area contributed by atoms with Gasteiger partial charge in [0.1, 0.15) is 0 Å². The Kier molecular flexibility index (Phi) is 9.15. The van der Waals surface area contributed by atoms with Crippen LogP contribution in [0.4, 0.5) is 0 Å². The van der Waals surface area contributed by atoms with E-state index in [1.165, 1.54) is 26.1 Å². The van der Waals surface area contributed by atoms with Crippen molar-refractivity contribution in [1.29, 1.82) is 0 Å². The monoisotopic (exact) mass is 200 g/mol. The summed E-state index contributed by atoms with van der Waals surface area (Å²) in [6, 6.07) is 0.678. The third-order valence-electron chi connectivity index (χ3n) is 1.79. The molecule has 1 saturated heterocycles. The molecule has 0 aromatic heterocycles. The maximum atomic E-state index is 3.43. The quantitative estimate of drug-likeness (QED) is 0.632. The lowest BCUT2D eigenvalue weighted by Gasteiger charge is -2.15. The zero-order valence-electron chi connectivity index (χ0n) is 7.17. The average molecular weight is 201 g/mol. The van der Waals surface area contributed by atoms with Crippen molar-refractivity contribution >= 4 is 24.8 Å². The van der Waals surface area contributed by atoms with Crippen LogP contribution in [-0.4, -0.2) is 37.6 Å². The Bertz CT molecular complexity index is 80.5. The Labute approximate surface area is 81.5 Å². The highest BCUT2D eigenvalue weighted by Gasteiger charge is 2.08. The van der Waals surface area contributed by atoms with Gasteiger partial charge in [-0.3, -0.25) is 0 Å². The van der Waals surface area contributed by atoms with Gasteiger partial charge >= 0.3 is 0 Å². The minimum atomic E-state index is 0. The molecule has 0 saturated carbocycles. The van der Waals surface area contributed by atoms with Crippen LogP contribution in [0.25, 0.3) is 0 Å². The van der Waals surface area contributed by atoms with Gasteiger partial charge in [0.15, 0.2) is 0 Å². The van der Waals surface area contributed by atoms with Gasteiger partial charge in [0, 0.05) is 12.6 Å². The van der Waals surface area contributed by atoms with Gasteiger partial charge in [-0.1, -0.05) is 0 Å². The number of rotatable bonds is 0. The Hall–Kier alpha value is 0.500. The summed E-state index contributed by atoms with van der Waals surface area (Å²) in [5.74, 6) is 0. The largest absolute Gasteiger partial charge is 0.313 e. The molecule has 0 aromatic rings. The van der Waals surface area contributed by atoms with E-state index in [0.717, 1.165) is 0 Å². The molecular weight excluding hydrogens is 183 g/mol. The van der Waals surface area contributed by atoms with E-state index in [4.69, 9.17) is 0 Å². The maximum Gasteiger partial charge on any atom is 0.0166 e. The third kappa shape index (κ3) is 5.74. The summed E-state index contributed by atoms with van der Waals surface area (Å²) < 4.78 is 0. The fraction of sp³-hybridized carbons (Fsp3) is 1.00. The van der Waals surface area contributed by atoms with Crippen LogP contribution < -0.4 is 5.32 Å². The normalized spacial score (nSPS) is 26.2. The van der Waals surface area contributed by atoms with Crippen molar-refractivity contribution in [2.24, 2.45) is 0 Å². The Balaban J connectivity index is 0. The molecule has 2 nitrogen and oxygen atoms in total. The second-order valence-corrected chi connectivity index (χ2v) is 2.97. The van der Waals surface area contributed by atoms with Crippen LogP contribution in [0, 0.1) is 0 Å². The topological polar surface area (TPSA) is 15.3 Å². The van der Waals surface area contributed by atoms with Crippen LogP contribution in [0.5, 0.6) is 0 Å². The molecule has 1 atom stereocenters. The number of nitrogens with zero attached hydrogens (tertiary/aromatic N) is 1. The molecule has 1 aliphatic rings. The maximum absolute atomic E-state index is 3.43. The third-order valence-corrected chi connectivity index (χ3v) is 1.79. The van der Waals surface area contributed by atoms with Crippen LogP contribution in [-0.2, 0) is 0 Å². The highest BCUT2D eigenvalue weighted by Crippen LogP contribution is 1.95. The standard InChI is InChI=1S/C7H16N2.2ClH/c1-7-6-9(2)5-3-4-8-7;;/h7-8H,3-6H2,1-2H3;2*1H/t7-;;/m0../s1. The molecule has 1 N–H and O–H groups in total. The van der Waals surface area contributed by atoms with Gasteiger partial charge in [0.25, 0.3) is 0 Å². The lowest BCUT2D eigenvalue weighted by atomic mass is 10.3. The van der Waals surface area contributed by atoms with Crippen molar-refractivity contribution in [1.82, 2.24) is 10.2 Å². The van der Waals surface area contributed by atoms with E-state index >= 15 is 0 Å². The van der Waals surface area contributed by atoms with E-state index in [9.17, 15) is 0 Å². The molecule has 1 aliphatic heterocycles. The fourth-order valence-corrected chi connectivity index (χ4v) is 1.32. The number of halogens is 2. The Morgan fingerprint density at radius 2 is 2.00 bits per heavy atom. The number of nitrogens with one attached hydrogen (secondary N) is 1. The van der Waals surface area contributed by atoms with Crippen molar-refractivity contribution in [3.8, 4) is 0 Å². The van der Waals surface area contributed by atoms with E-state index in [1.807, 2.05) is 0 Å². The molecule has 0 unspecified atom stereocenters. The molecule has 0 aromatic carbocycles. The van der Waals surface area contributed by atoms with E-state index in [1.54, 1.807) is 0 Å². The van der Waals surface area contributed by atoms with Gasteiger partial charge in [-0.05, 0) is 33.5 Å². The molecule has 0 aliphatic carbocycles.